The lowest BCUT2D eigenvalue weighted by Gasteiger charge is -2.34. The summed E-state index contributed by atoms with van der Waals surface area (Å²) in [4.78, 5) is 4.45. The highest BCUT2D eigenvalue weighted by Gasteiger charge is 2.30. The summed E-state index contributed by atoms with van der Waals surface area (Å²) < 4.78 is 5.36. The van der Waals surface area contributed by atoms with Crippen LogP contribution < -0.4 is 5.73 Å². The van der Waals surface area contributed by atoms with Gasteiger partial charge in [0.05, 0.1) is 0 Å². The van der Waals surface area contributed by atoms with Crippen molar-refractivity contribution < 1.29 is 0 Å². The van der Waals surface area contributed by atoms with Crippen molar-refractivity contribution >= 4 is 23.3 Å². The molecule has 1 heterocycles. The van der Waals surface area contributed by atoms with E-state index in [1.165, 1.54) is 37.2 Å². The number of nitrogens with two attached hydrogens (primary N) is 1. The fraction of sp³-hybridized carbons (Fsp3) is 0.833. The van der Waals surface area contributed by atoms with Gasteiger partial charge in [-0.3, -0.25) is 0 Å². The van der Waals surface area contributed by atoms with Gasteiger partial charge in [0.25, 0.3) is 0 Å². The summed E-state index contributed by atoms with van der Waals surface area (Å²) in [6.45, 7) is 5.06. The van der Waals surface area contributed by atoms with Crippen molar-refractivity contribution in [1.82, 2.24) is 9.36 Å². The lowest BCUT2D eigenvalue weighted by molar-refractivity contribution is 0.284. The Kier molecular flexibility index (Phi) is 4.82. The zero-order valence-corrected chi connectivity index (χ0v) is 12.2. The maximum atomic E-state index is 5.89. The number of rotatable bonds is 4. The Morgan fingerprint density at radius 3 is 2.88 bits per heavy atom. The van der Waals surface area contributed by atoms with Crippen LogP contribution in [0.15, 0.2) is 4.34 Å². The number of aryl methyl sites for hydroxylation is 1. The van der Waals surface area contributed by atoms with Gasteiger partial charge in [0, 0.05) is 5.25 Å². The van der Waals surface area contributed by atoms with E-state index in [1.54, 1.807) is 0 Å². The molecule has 17 heavy (non-hydrogen) atoms. The monoisotopic (exact) mass is 271 g/mol. The molecule has 1 fully saturated rings. The number of hydrogen-bond acceptors (Lipinski definition) is 5. The summed E-state index contributed by atoms with van der Waals surface area (Å²) in [5.41, 5.74) is 5.89. The molecule has 1 aromatic rings. The maximum absolute atomic E-state index is 5.89. The first-order valence-corrected chi connectivity index (χ1v) is 8.05. The van der Waals surface area contributed by atoms with Gasteiger partial charge in [0.1, 0.15) is 5.82 Å². The molecule has 1 aliphatic carbocycles. The molecule has 3 nitrogen and oxygen atoms in total. The molecule has 0 aliphatic heterocycles. The van der Waals surface area contributed by atoms with Crippen LogP contribution >= 0.6 is 23.3 Å². The van der Waals surface area contributed by atoms with E-state index in [-0.39, 0.29) is 0 Å². The molecule has 0 aromatic carbocycles. The normalized spacial score (nSPS) is 29.5. The third kappa shape index (κ3) is 3.42. The molecule has 1 aromatic heterocycles. The van der Waals surface area contributed by atoms with Gasteiger partial charge >= 0.3 is 0 Å². The zero-order chi connectivity index (χ0) is 12.3. The van der Waals surface area contributed by atoms with E-state index >= 15 is 0 Å². The van der Waals surface area contributed by atoms with Gasteiger partial charge in [0.2, 0.25) is 0 Å². The van der Waals surface area contributed by atoms with Crippen molar-refractivity contribution in [3.05, 3.63) is 5.82 Å². The highest BCUT2D eigenvalue weighted by Crippen LogP contribution is 2.40. The van der Waals surface area contributed by atoms with E-state index in [1.807, 2.05) is 18.7 Å². The Morgan fingerprint density at radius 1 is 1.47 bits per heavy atom. The molecule has 0 spiro atoms. The summed E-state index contributed by atoms with van der Waals surface area (Å²) in [6, 6.07) is 0. The third-order valence-electron chi connectivity index (χ3n) is 3.68. The van der Waals surface area contributed by atoms with Gasteiger partial charge in [-0.2, -0.15) is 4.37 Å². The molecule has 0 bridgehead atoms. The summed E-state index contributed by atoms with van der Waals surface area (Å²) in [6.07, 6.45) is 5.22. The SMILES string of the molecule is CCC1CCC(CN)C(Sc2nc(C)ns2)C1. The summed E-state index contributed by atoms with van der Waals surface area (Å²) in [7, 11) is 0. The Balaban J connectivity index is 2.00. The van der Waals surface area contributed by atoms with E-state index in [9.17, 15) is 0 Å². The first kappa shape index (κ1) is 13.3. The van der Waals surface area contributed by atoms with Crippen LogP contribution in [0.3, 0.4) is 0 Å². The molecular weight excluding hydrogens is 250 g/mol. The van der Waals surface area contributed by atoms with Crippen LogP contribution in [0.1, 0.15) is 38.4 Å². The number of aromatic nitrogens is 2. The quantitative estimate of drug-likeness (QED) is 0.914. The second-order valence-corrected chi connectivity index (χ2v) is 7.09. The van der Waals surface area contributed by atoms with Crippen molar-refractivity contribution in [3.63, 3.8) is 0 Å². The Bertz CT molecular complexity index is 353. The number of hydrogen-bond donors (Lipinski definition) is 1. The van der Waals surface area contributed by atoms with Crippen LogP contribution in [0.25, 0.3) is 0 Å². The van der Waals surface area contributed by atoms with Crippen LogP contribution in [-0.4, -0.2) is 21.2 Å². The van der Waals surface area contributed by atoms with E-state index in [2.05, 4.69) is 16.3 Å². The van der Waals surface area contributed by atoms with E-state index in [0.717, 1.165) is 22.6 Å². The Hall–Kier alpha value is -0.130. The van der Waals surface area contributed by atoms with E-state index in [0.29, 0.717) is 11.2 Å². The summed E-state index contributed by atoms with van der Waals surface area (Å²) in [5, 5.41) is 0.644. The third-order valence-corrected chi connectivity index (χ3v) is 5.97. The van der Waals surface area contributed by atoms with Gasteiger partial charge in [-0.25, -0.2) is 4.98 Å². The highest BCUT2D eigenvalue weighted by molar-refractivity contribution is 8.01. The maximum Gasteiger partial charge on any atom is 0.170 e. The van der Waals surface area contributed by atoms with Gasteiger partial charge in [-0.1, -0.05) is 31.5 Å². The highest BCUT2D eigenvalue weighted by atomic mass is 32.2. The molecule has 96 valence electrons. The van der Waals surface area contributed by atoms with Gasteiger partial charge < -0.3 is 5.73 Å². The Labute approximate surface area is 112 Å². The zero-order valence-electron chi connectivity index (χ0n) is 10.6. The molecule has 1 saturated carbocycles. The fourth-order valence-electron chi connectivity index (χ4n) is 2.51. The average Bonchev–Trinajstić information content (AvgIpc) is 2.74. The number of nitrogens with zero attached hydrogens (tertiary/aromatic N) is 2. The molecule has 2 N–H and O–H groups in total. The van der Waals surface area contributed by atoms with Crippen molar-refractivity contribution in [2.75, 3.05) is 6.54 Å². The van der Waals surface area contributed by atoms with Crippen LogP contribution in [0.5, 0.6) is 0 Å². The number of thioether (sulfide) groups is 1. The second kappa shape index (κ2) is 6.16. The summed E-state index contributed by atoms with van der Waals surface area (Å²) in [5.74, 6) is 2.43. The van der Waals surface area contributed by atoms with Crippen LogP contribution in [0.4, 0.5) is 0 Å². The molecule has 5 heteroatoms. The molecule has 1 aliphatic rings. The van der Waals surface area contributed by atoms with Crippen molar-refractivity contribution in [2.24, 2.45) is 17.6 Å². The topological polar surface area (TPSA) is 51.8 Å². The second-order valence-electron chi connectivity index (χ2n) is 4.85. The first-order valence-electron chi connectivity index (χ1n) is 6.40. The van der Waals surface area contributed by atoms with Gasteiger partial charge in [-0.05, 0) is 49.7 Å². The van der Waals surface area contributed by atoms with E-state index < -0.39 is 0 Å². The molecule has 2 rings (SSSR count). The lowest BCUT2D eigenvalue weighted by atomic mass is 9.80. The standard InChI is InChI=1S/C12H21N3S2/c1-3-9-4-5-10(7-13)11(6-9)16-12-14-8(2)15-17-12/h9-11H,3-7,13H2,1-2H3. The smallest absolute Gasteiger partial charge is 0.170 e. The largest absolute Gasteiger partial charge is 0.330 e. The van der Waals surface area contributed by atoms with E-state index in [4.69, 9.17) is 5.73 Å². The van der Waals surface area contributed by atoms with Crippen LogP contribution in [-0.2, 0) is 0 Å². The minimum atomic E-state index is 0.644. The minimum Gasteiger partial charge on any atom is -0.330 e. The van der Waals surface area contributed by atoms with Crippen molar-refractivity contribution in [1.29, 1.82) is 0 Å². The minimum absolute atomic E-state index is 0.644. The van der Waals surface area contributed by atoms with Crippen molar-refractivity contribution in [2.45, 2.75) is 49.1 Å². The molecular formula is C12H21N3S2. The fourth-order valence-corrected chi connectivity index (χ4v) is 4.85. The molecule has 0 saturated heterocycles. The molecule has 0 radical (unpaired) electrons. The molecule has 0 amide bonds. The van der Waals surface area contributed by atoms with Gasteiger partial charge in [-0.15, -0.1) is 0 Å². The lowest BCUT2D eigenvalue weighted by Crippen LogP contribution is -2.32. The predicted molar refractivity (Wildman–Crippen MR) is 74.5 cm³/mol. The Morgan fingerprint density at radius 2 is 2.29 bits per heavy atom. The van der Waals surface area contributed by atoms with Gasteiger partial charge in [0.15, 0.2) is 4.34 Å². The summed E-state index contributed by atoms with van der Waals surface area (Å²) >= 11 is 3.43. The van der Waals surface area contributed by atoms with Crippen LogP contribution in [0.2, 0.25) is 0 Å². The average molecular weight is 271 g/mol. The first-order chi connectivity index (χ1) is 8.22. The molecule has 3 atom stereocenters. The van der Waals surface area contributed by atoms with Crippen LogP contribution in [0, 0.1) is 18.8 Å². The molecule has 3 unspecified atom stereocenters. The predicted octanol–water partition coefficient (Wildman–Crippen LogP) is 3.09. The van der Waals surface area contributed by atoms with Crippen molar-refractivity contribution in [3.8, 4) is 0 Å².